The molecule has 3 nitrogen and oxygen atoms in total. The predicted octanol–water partition coefficient (Wildman–Crippen LogP) is 2.25. The van der Waals surface area contributed by atoms with Gasteiger partial charge in [0.1, 0.15) is 0 Å². The quantitative estimate of drug-likeness (QED) is 0.868. The maximum absolute atomic E-state index is 12.2. The van der Waals surface area contributed by atoms with Gasteiger partial charge in [0.25, 0.3) is 0 Å². The van der Waals surface area contributed by atoms with Gasteiger partial charge in [-0.3, -0.25) is 4.79 Å². The van der Waals surface area contributed by atoms with Gasteiger partial charge in [0.05, 0.1) is 6.04 Å². The Morgan fingerprint density at radius 1 is 1.32 bits per heavy atom. The van der Waals surface area contributed by atoms with E-state index in [0.29, 0.717) is 0 Å². The highest BCUT2D eigenvalue weighted by Crippen LogP contribution is 2.09. The molecule has 1 aromatic carbocycles. The lowest BCUT2D eigenvalue weighted by Gasteiger charge is -2.32. The van der Waals surface area contributed by atoms with Gasteiger partial charge in [0, 0.05) is 13.1 Å². The fourth-order valence-corrected chi connectivity index (χ4v) is 2.23. The second-order valence-electron chi connectivity index (χ2n) is 4.86. The van der Waals surface area contributed by atoms with Crippen LogP contribution >= 0.6 is 12.4 Å². The summed E-state index contributed by atoms with van der Waals surface area (Å²) in [5.41, 5.74) is 1.30. The molecule has 0 radical (unpaired) electrons. The van der Waals surface area contributed by atoms with E-state index >= 15 is 0 Å². The second kappa shape index (κ2) is 8.18. The highest BCUT2D eigenvalue weighted by atomic mass is 35.5. The molecule has 4 heteroatoms. The molecule has 0 aromatic heterocycles. The summed E-state index contributed by atoms with van der Waals surface area (Å²) >= 11 is 0. The Morgan fingerprint density at radius 2 is 2.00 bits per heavy atom. The SMILES string of the molecule is CCCN(CCc1ccccc1)C(=O)C1CCN1.Cl. The van der Waals surface area contributed by atoms with Crippen molar-refractivity contribution >= 4 is 18.3 Å². The molecule has 1 unspecified atom stereocenters. The minimum absolute atomic E-state index is 0. The van der Waals surface area contributed by atoms with Gasteiger partial charge in [-0.25, -0.2) is 0 Å². The highest BCUT2D eigenvalue weighted by Gasteiger charge is 2.28. The van der Waals surface area contributed by atoms with Crippen LogP contribution in [0.15, 0.2) is 30.3 Å². The summed E-state index contributed by atoms with van der Waals surface area (Å²) in [7, 11) is 0. The molecule has 1 N–H and O–H groups in total. The van der Waals surface area contributed by atoms with Gasteiger partial charge in [0.15, 0.2) is 0 Å². The first-order valence-corrected chi connectivity index (χ1v) is 6.87. The Morgan fingerprint density at radius 3 is 2.53 bits per heavy atom. The molecule has 0 spiro atoms. The molecule has 1 aliphatic heterocycles. The van der Waals surface area contributed by atoms with Crippen molar-refractivity contribution < 1.29 is 4.79 Å². The van der Waals surface area contributed by atoms with Gasteiger partial charge in [-0.15, -0.1) is 12.4 Å². The molecule has 1 heterocycles. The van der Waals surface area contributed by atoms with Crippen LogP contribution in [0.25, 0.3) is 0 Å². The van der Waals surface area contributed by atoms with Crippen molar-refractivity contribution in [3.8, 4) is 0 Å². The minimum atomic E-state index is 0. The second-order valence-corrected chi connectivity index (χ2v) is 4.86. The zero-order valence-electron chi connectivity index (χ0n) is 11.5. The fourth-order valence-electron chi connectivity index (χ4n) is 2.23. The lowest BCUT2D eigenvalue weighted by atomic mass is 10.1. The molecular weight excluding hydrogens is 260 g/mol. The Labute approximate surface area is 121 Å². The molecule has 0 aliphatic carbocycles. The summed E-state index contributed by atoms with van der Waals surface area (Å²) in [4.78, 5) is 14.2. The smallest absolute Gasteiger partial charge is 0.239 e. The van der Waals surface area contributed by atoms with E-state index in [1.807, 2.05) is 11.0 Å². The number of benzene rings is 1. The molecule has 106 valence electrons. The van der Waals surface area contributed by atoms with Crippen LogP contribution in [0.2, 0.25) is 0 Å². The largest absolute Gasteiger partial charge is 0.341 e. The van der Waals surface area contributed by atoms with Crippen molar-refractivity contribution in [2.24, 2.45) is 0 Å². The van der Waals surface area contributed by atoms with Crippen LogP contribution in [0, 0.1) is 0 Å². The summed E-state index contributed by atoms with van der Waals surface area (Å²) < 4.78 is 0. The number of hydrogen-bond donors (Lipinski definition) is 1. The number of amides is 1. The highest BCUT2D eigenvalue weighted by molar-refractivity contribution is 5.85. The average Bonchev–Trinajstić information content (AvgIpc) is 2.33. The summed E-state index contributed by atoms with van der Waals surface area (Å²) in [5.74, 6) is 0.277. The van der Waals surface area contributed by atoms with Crippen molar-refractivity contribution in [2.45, 2.75) is 32.2 Å². The van der Waals surface area contributed by atoms with Crippen molar-refractivity contribution in [3.05, 3.63) is 35.9 Å². The van der Waals surface area contributed by atoms with Crippen molar-refractivity contribution in [2.75, 3.05) is 19.6 Å². The monoisotopic (exact) mass is 282 g/mol. The number of carbonyl (C=O) groups excluding carboxylic acids is 1. The van der Waals surface area contributed by atoms with Crippen LogP contribution in [0.4, 0.5) is 0 Å². The number of rotatable bonds is 6. The summed E-state index contributed by atoms with van der Waals surface area (Å²) in [5, 5.41) is 3.19. The Hall–Kier alpha value is -1.06. The molecule has 19 heavy (non-hydrogen) atoms. The van der Waals surface area contributed by atoms with E-state index in [9.17, 15) is 4.79 Å². The molecule has 1 atom stereocenters. The van der Waals surface area contributed by atoms with Gasteiger partial charge < -0.3 is 10.2 Å². The first-order valence-electron chi connectivity index (χ1n) is 6.87. The Bertz CT molecular complexity index is 379. The van der Waals surface area contributed by atoms with Crippen LogP contribution in [-0.4, -0.2) is 36.5 Å². The molecule has 1 saturated heterocycles. The average molecular weight is 283 g/mol. The van der Waals surface area contributed by atoms with Gasteiger partial charge in [-0.1, -0.05) is 37.3 Å². The summed E-state index contributed by atoms with van der Waals surface area (Å²) in [6, 6.07) is 10.4. The van der Waals surface area contributed by atoms with E-state index in [1.165, 1.54) is 5.56 Å². The first kappa shape index (κ1) is 16.0. The topological polar surface area (TPSA) is 32.3 Å². The van der Waals surface area contributed by atoms with Gasteiger partial charge in [-0.05, 0) is 31.4 Å². The molecule has 1 aromatic rings. The zero-order chi connectivity index (χ0) is 12.8. The third-order valence-electron chi connectivity index (χ3n) is 3.44. The van der Waals surface area contributed by atoms with Crippen molar-refractivity contribution in [3.63, 3.8) is 0 Å². The van der Waals surface area contributed by atoms with Crippen LogP contribution in [0.3, 0.4) is 0 Å². The van der Waals surface area contributed by atoms with Crippen LogP contribution in [0.1, 0.15) is 25.3 Å². The molecular formula is C15H23ClN2O. The zero-order valence-corrected chi connectivity index (χ0v) is 12.3. The summed E-state index contributed by atoms with van der Waals surface area (Å²) in [6.07, 6.45) is 2.96. The van der Waals surface area contributed by atoms with E-state index in [4.69, 9.17) is 0 Å². The van der Waals surface area contributed by atoms with Gasteiger partial charge in [-0.2, -0.15) is 0 Å². The van der Waals surface area contributed by atoms with E-state index in [-0.39, 0.29) is 24.4 Å². The van der Waals surface area contributed by atoms with Crippen LogP contribution in [0.5, 0.6) is 0 Å². The Balaban J connectivity index is 0.00000180. The van der Waals surface area contributed by atoms with E-state index < -0.39 is 0 Å². The van der Waals surface area contributed by atoms with Crippen LogP contribution in [-0.2, 0) is 11.2 Å². The molecule has 0 bridgehead atoms. The lowest BCUT2D eigenvalue weighted by Crippen LogP contribution is -2.54. The Kier molecular flexibility index (Phi) is 6.89. The number of hydrogen-bond acceptors (Lipinski definition) is 2. The summed E-state index contributed by atoms with van der Waals surface area (Å²) in [6.45, 7) is 4.80. The molecule has 2 rings (SSSR count). The first-order chi connectivity index (χ1) is 8.81. The fraction of sp³-hybridized carbons (Fsp3) is 0.533. The minimum Gasteiger partial charge on any atom is -0.341 e. The number of nitrogens with zero attached hydrogens (tertiary/aromatic N) is 1. The number of carbonyl (C=O) groups is 1. The van der Waals surface area contributed by atoms with E-state index in [2.05, 4.69) is 36.5 Å². The van der Waals surface area contributed by atoms with Crippen molar-refractivity contribution in [1.82, 2.24) is 10.2 Å². The third kappa shape index (κ3) is 4.51. The molecule has 1 fully saturated rings. The van der Waals surface area contributed by atoms with E-state index in [1.54, 1.807) is 0 Å². The van der Waals surface area contributed by atoms with Crippen LogP contribution < -0.4 is 5.32 Å². The third-order valence-corrected chi connectivity index (χ3v) is 3.44. The van der Waals surface area contributed by atoms with E-state index in [0.717, 1.165) is 38.9 Å². The lowest BCUT2D eigenvalue weighted by molar-refractivity contribution is -0.135. The molecule has 1 amide bonds. The van der Waals surface area contributed by atoms with Crippen molar-refractivity contribution in [1.29, 1.82) is 0 Å². The maximum Gasteiger partial charge on any atom is 0.239 e. The molecule has 0 saturated carbocycles. The predicted molar refractivity (Wildman–Crippen MR) is 80.7 cm³/mol. The number of halogens is 1. The normalized spacial score (nSPS) is 17.2. The van der Waals surface area contributed by atoms with Gasteiger partial charge in [0.2, 0.25) is 5.91 Å². The number of nitrogens with one attached hydrogen (secondary N) is 1. The van der Waals surface area contributed by atoms with Gasteiger partial charge >= 0.3 is 0 Å². The maximum atomic E-state index is 12.2. The standard InChI is InChI=1S/C15H22N2O.ClH/c1-2-11-17(15(18)14-8-10-16-14)12-9-13-6-4-3-5-7-13;/h3-7,14,16H,2,8-12H2,1H3;1H. The molecule has 1 aliphatic rings.